The molecule has 0 spiro atoms. The topological polar surface area (TPSA) is 52.6 Å². The first-order chi connectivity index (χ1) is 23.9. The van der Waals surface area contributed by atoms with E-state index in [2.05, 4.69) is 38.1 Å². The second kappa shape index (κ2) is 16.2. The third-order valence-electron chi connectivity index (χ3n) is 8.06. The molecule has 6 aromatic carbocycles. The molecule has 0 aliphatic heterocycles. The number of rotatable bonds is 8. The molecular formula is C43H35Cl3O4. The number of aryl methyl sites for hydroxylation is 3. The molecule has 0 amide bonds. The second-order valence-corrected chi connectivity index (χ2v) is 13.2. The van der Waals surface area contributed by atoms with Crippen molar-refractivity contribution in [3.63, 3.8) is 0 Å². The van der Waals surface area contributed by atoms with Crippen LogP contribution in [0.25, 0.3) is 22.3 Å². The molecule has 0 fully saturated rings. The fraction of sp³-hybridized carbons (Fsp3) is 0.116. The lowest BCUT2D eigenvalue weighted by atomic mass is 9.91. The zero-order chi connectivity index (χ0) is 35.9. The van der Waals surface area contributed by atoms with Crippen LogP contribution in [0.2, 0.25) is 15.1 Å². The number of hydrogen-bond donors (Lipinski definition) is 0. The van der Waals surface area contributed by atoms with E-state index in [0.717, 1.165) is 39.1 Å². The molecule has 0 aliphatic carbocycles. The van der Waals surface area contributed by atoms with Gasteiger partial charge in [0.05, 0.1) is 14.2 Å². The van der Waals surface area contributed by atoms with Crippen molar-refractivity contribution in [3.05, 3.63) is 175 Å². The summed E-state index contributed by atoms with van der Waals surface area (Å²) in [5.74, 6) is 1.32. The van der Waals surface area contributed by atoms with Gasteiger partial charge in [0.15, 0.2) is 11.6 Å². The molecule has 0 saturated carbocycles. The molecule has 0 atom stereocenters. The van der Waals surface area contributed by atoms with Crippen LogP contribution in [0, 0.1) is 20.8 Å². The molecule has 0 N–H and O–H groups in total. The standard InChI is InChI=1S/C23H22O2.C20H13Cl3O2/c1-15-5-10-21(19-12-16(2)11-17(3)13-19)22(14-15)23(24)18-6-8-20(25-4)9-7-18;1-25-17-5-2-12(3-6-17)20(24)19-11-14(21)4-7-18(19)13-8-15(22)10-16(23)9-13/h5-14H,1-4H3;2-11H,1H3. The summed E-state index contributed by atoms with van der Waals surface area (Å²) in [5, 5.41) is 1.48. The van der Waals surface area contributed by atoms with Gasteiger partial charge < -0.3 is 9.47 Å². The summed E-state index contributed by atoms with van der Waals surface area (Å²) in [7, 11) is 3.20. The molecule has 0 bridgehead atoms. The third-order valence-corrected chi connectivity index (χ3v) is 8.73. The van der Waals surface area contributed by atoms with Gasteiger partial charge in [-0.25, -0.2) is 0 Å². The molecule has 4 nitrogen and oxygen atoms in total. The highest BCUT2D eigenvalue weighted by Crippen LogP contribution is 2.33. The van der Waals surface area contributed by atoms with Crippen LogP contribution in [-0.2, 0) is 0 Å². The van der Waals surface area contributed by atoms with Crippen molar-refractivity contribution in [2.75, 3.05) is 14.2 Å². The van der Waals surface area contributed by atoms with E-state index in [1.807, 2.05) is 43.3 Å². The molecular weight excluding hydrogens is 687 g/mol. The van der Waals surface area contributed by atoms with Crippen LogP contribution < -0.4 is 9.47 Å². The lowest BCUT2D eigenvalue weighted by Crippen LogP contribution is -2.04. The van der Waals surface area contributed by atoms with Gasteiger partial charge in [-0.1, -0.05) is 87.9 Å². The Balaban J connectivity index is 0.000000194. The van der Waals surface area contributed by atoms with E-state index in [1.165, 1.54) is 11.1 Å². The first-order valence-electron chi connectivity index (χ1n) is 15.8. The predicted molar refractivity (Wildman–Crippen MR) is 206 cm³/mol. The summed E-state index contributed by atoms with van der Waals surface area (Å²) in [6, 6.07) is 37.0. The lowest BCUT2D eigenvalue weighted by molar-refractivity contribution is 0.103. The quantitative estimate of drug-likeness (QED) is 0.147. The van der Waals surface area contributed by atoms with Crippen LogP contribution in [0.15, 0.2) is 121 Å². The molecule has 0 heterocycles. The molecule has 0 saturated heterocycles. The van der Waals surface area contributed by atoms with Crippen molar-refractivity contribution in [3.8, 4) is 33.8 Å². The van der Waals surface area contributed by atoms with Gasteiger partial charge in [0, 0.05) is 37.3 Å². The van der Waals surface area contributed by atoms with Crippen LogP contribution in [0.5, 0.6) is 11.5 Å². The summed E-state index contributed by atoms with van der Waals surface area (Å²) in [6.45, 7) is 6.17. The number of halogens is 3. The van der Waals surface area contributed by atoms with Gasteiger partial charge in [0.25, 0.3) is 0 Å². The second-order valence-electron chi connectivity index (χ2n) is 11.9. The SMILES string of the molecule is COc1ccc(C(=O)c2cc(C)ccc2-c2cc(C)cc(C)c2)cc1.COc1ccc(C(=O)c2cc(Cl)ccc2-c2cc(Cl)cc(Cl)c2)cc1. The number of hydrogen-bond acceptors (Lipinski definition) is 4. The van der Waals surface area contributed by atoms with Gasteiger partial charge in [-0.2, -0.15) is 0 Å². The van der Waals surface area contributed by atoms with Crippen molar-refractivity contribution >= 4 is 46.4 Å². The average molecular weight is 722 g/mol. The van der Waals surface area contributed by atoms with E-state index >= 15 is 0 Å². The molecule has 7 heteroatoms. The summed E-state index contributed by atoms with van der Waals surface area (Å²) in [5.41, 5.74) is 9.40. The Morgan fingerprint density at radius 2 is 0.880 bits per heavy atom. The van der Waals surface area contributed by atoms with Crippen molar-refractivity contribution in [2.45, 2.75) is 20.8 Å². The van der Waals surface area contributed by atoms with Gasteiger partial charge in [-0.05, 0) is 128 Å². The minimum Gasteiger partial charge on any atom is -0.497 e. The Morgan fingerprint density at radius 1 is 0.440 bits per heavy atom. The fourth-order valence-corrected chi connectivity index (χ4v) is 6.39. The number of benzene rings is 6. The van der Waals surface area contributed by atoms with Gasteiger partial charge >= 0.3 is 0 Å². The smallest absolute Gasteiger partial charge is 0.193 e. The summed E-state index contributed by atoms with van der Waals surface area (Å²) in [4.78, 5) is 26.1. The molecule has 0 aliphatic rings. The molecule has 252 valence electrons. The number of ketones is 2. The zero-order valence-corrected chi connectivity index (χ0v) is 30.6. The Hall–Kier alpha value is -4.87. The largest absolute Gasteiger partial charge is 0.497 e. The van der Waals surface area contributed by atoms with Crippen LogP contribution in [0.3, 0.4) is 0 Å². The van der Waals surface area contributed by atoms with Crippen LogP contribution in [-0.4, -0.2) is 25.8 Å². The van der Waals surface area contributed by atoms with Crippen LogP contribution in [0.1, 0.15) is 48.5 Å². The predicted octanol–water partition coefficient (Wildman–Crippen LogP) is 12.1. The molecule has 0 unspecified atom stereocenters. The van der Waals surface area contributed by atoms with Crippen molar-refractivity contribution in [1.82, 2.24) is 0 Å². The molecule has 6 rings (SSSR count). The fourth-order valence-electron chi connectivity index (χ4n) is 5.69. The number of methoxy groups -OCH3 is 2. The number of carbonyl (C=O) groups is 2. The Bertz CT molecular complexity index is 1970. The van der Waals surface area contributed by atoms with Crippen molar-refractivity contribution in [1.29, 1.82) is 0 Å². The Kier molecular flexibility index (Phi) is 11.8. The molecule has 0 radical (unpaired) electrons. The maximum absolute atomic E-state index is 13.1. The first kappa shape index (κ1) is 36.4. The van der Waals surface area contributed by atoms with Gasteiger partial charge in [0.2, 0.25) is 0 Å². The Labute approximate surface area is 308 Å². The molecule has 6 aromatic rings. The first-order valence-corrected chi connectivity index (χ1v) is 16.9. The third kappa shape index (κ3) is 8.83. The highest BCUT2D eigenvalue weighted by atomic mass is 35.5. The zero-order valence-electron chi connectivity index (χ0n) is 28.3. The highest BCUT2D eigenvalue weighted by molar-refractivity contribution is 6.35. The average Bonchev–Trinajstić information content (AvgIpc) is 3.10. The molecule has 50 heavy (non-hydrogen) atoms. The number of ether oxygens (including phenoxy) is 2. The normalized spacial score (nSPS) is 10.6. The summed E-state index contributed by atoms with van der Waals surface area (Å²) < 4.78 is 10.3. The summed E-state index contributed by atoms with van der Waals surface area (Å²) >= 11 is 18.3. The van der Waals surface area contributed by atoms with E-state index < -0.39 is 0 Å². The van der Waals surface area contributed by atoms with Crippen molar-refractivity contribution in [2.24, 2.45) is 0 Å². The minimum atomic E-state index is -0.142. The van der Waals surface area contributed by atoms with Gasteiger partial charge in [-0.3, -0.25) is 9.59 Å². The van der Waals surface area contributed by atoms with E-state index in [0.29, 0.717) is 37.5 Å². The van der Waals surface area contributed by atoms with Crippen molar-refractivity contribution < 1.29 is 19.1 Å². The van der Waals surface area contributed by atoms with Crippen LogP contribution >= 0.6 is 34.8 Å². The van der Waals surface area contributed by atoms with Gasteiger partial charge in [-0.15, -0.1) is 0 Å². The van der Waals surface area contributed by atoms with E-state index in [1.54, 1.807) is 74.9 Å². The van der Waals surface area contributed by atoms with E-state index in [9.17, 15) is 9.59 Å². The lowest BCUT2D eigenvalue weighted by Gasteiger charge is -2.12. The summed E-state index contributed by atoms with van der Waals surface area (Å²) in [6.07, 6.45) is 0. The van der Waals surface area contributed by atoms with E-state index in [-0.39, 0.29) is 11.6 Å². The minimum absolute atomic E-state index is 0.0283. The monoisotopic (exact) mass is 720 g/mol. The van der Waals surface area contributed by atoms with Gasteiger partial charge in [0.1, 0.15) is 11.5 Å². The van der Waals surface area contributed by atoms with E-state index in [4.69, 9.17) is 44.3 Å². The highest BCUT2D eigenvalue weighted by Gasteiger charge is 2.18. The van der Waals surface area contributed by atoms with Crippen LogP contribution in [0.4, 0.5) is 0 Å². The maximum Gasteiger partial charge on any atom is 0.193 e. The number of carbonyl (C=O) groups excluding carboxylic acids is 2. The maximum atomic E-state index is 13.1. The molecule has 0 aromatic heterocycles. The Morgan fingerprint density at radius 3 is 1.36 bits per heavy atom.